The zero-order valence-corrected chi connectivity index (χ0v) is 10.8. The monoisotopic (exact) mass is 255 g/mol. The van der Waals surface area contributed by atoms with E-state index in [1.165, 1.54) is 29.0 Å². The Bertz CT molecular complexity index is 697. The average molecular weight is 255 g/mol. The molecule has 1 N–H and O–H groups in total. The minimum Gasteiger partial charge on any atom is -0.342 e. The van der Waals surface area contributed by atoms with Crippen molar-refractivity contribution in [3.8, 4) is 10.6 Å². The molecular formula is C14H13N3S. The second kappa shape index (κ2) is 3.92. The van der Waals surface area contributed by atoms with Crippen LogP contribution in [0.15, 0.2) is 23.7 Å². The van der Waals surface area contributed by atoms with Gasteiger partial charge in [-0.05, 0) is 37.1 Å². The Morgan fingerprint density at radius 2 is 2.17 bits per heavy atom. The Morgan fingerprint density at radius 1 is 1.22 bits per heavy atom. The number of aromatic nitrogens is 3. The molecule has 18 heavy (non-hydrogen) atoms. The Morgan fingerprint density at radius 3 is 3.06 bits per heavy atom. The van der Waals surface area contributed by atoms with Gasteiger partial charge in [-0.2, -0.15) is 0 Å². The molecule has 0 saturated carbocycles. The van der Waals surface area contributed by atoms with Gasteiger partial charge in [0.1, 0.15) is 5.52 Å². The van der Waals surface area contributed by atoms with Crippen molar-refractivity contribution in [1.29, 1.82) is 0 Å². The first-order valence-electron chi connectivity index (χ1n) is 6.32. The fourth-order valence-corrected chi connectivity index (χ4v) is 3.36. The molecule has 0 radical (unpaired) electrons. The predicted molar refractivity (Wildman–Crippen MR) is 73.8 cm³/mol. The van der Waals surface area contributed by atoms with Gasteiger partial charge in [0.25, 0.3) is 0 Å². The highest BCUT2D eigenvalue weighted by Crippen LogP contribution is 2.29. The van der Waals surface area contributed by atoms with Crippen molar-refractivity contribution in [2.75, 3.05) is 0 Å². The van der Waals surface area contributed by atoms with E-state index in [4.69, 9.17) is 4.98 Å². The highest BCUT2D eigenvalue weighted by molar-refractivity contribution is 7.13. The lowest BCUT2D eigenvalue weighted by Crippen LogP contribution is -2.00. The lowest BCUT2D eigenvalue weighted by atomic mass is 9.97. The highest BCUT2D eigenvalue weighted by atomic mass is 32.1. The van der Waals surface area contributed by atoms with Crippen molar-refractivity contribution in [2.24, 2.45) is 0 Å². The van der Waals surface area contributed by atoms with Crippen molar-refractivity contribution in [3.05, 3.63) is 35.0 Å². The summed E-state index contributed by atoms with van der Waals surface area (Å²) >= 11 is 1.71. The largest absolute Gasteiger partial charge is 0.342 e. The van der Waals surface area contributed by atoms with Crippen molar-refractivity contribution in [2.45, 2.75) is 25.7 Å². The maximum atomic E-state index is 4.81. The van der Waals surface area contributed by atoms with Gasteiger partial charge in [-0.3, -0.25) is 0 Å². The summed E-state index contributed by atoms with van der Waals surface area (Å²) in [6.07, 6.45) is 6.69. The van der Waals surface area contributed by atoms with Crippen molar-refractivity contribution in [3.63, 3.8) is 0 Å². The lowest BCUT2D eigenvalue weighted by Gasteiger charge is -2.09. The quantitative estimate of drug-likeness (QED) is 0.722. The van der Waals surface area contributed by atoms with Crippen LogP contribution in [0.1, 0.15) is 24.1 Å². The number of H-pyrrole nitrogens is 1. The van der Waals surface area contributed by atoms with Crippen LogP contribution >= 0.6 is 11.3 Å². The fourth-order valence-electron chi connectivity index (χ4n) is 2.68. The van der Waals surface area contributed by atoms with Crippen LogP contribution in [0.2, 0.25) is 0 Å². The van der Waals surface area contributed by atoms with E-state index in [2.05, 4.69) is 27.5 Å². The summed E-state index contributed by atoms with van der Waals surface area (Å²) in [7, 11) is 0. The van der Waals surface area contributed by atoms with E-state index in [1.54, 1.807) is 11.3 Å². The number of nitrogens with zero attached hydrogens (tertiary/aromatic N) is 2. The zero-order chi connectivity index (χ0) is 11.9. The second-order valence-electron chi connectivity index (χ2n) is 4.72. The van der Waals surface area contributed by atoms with Gasteiger partial charge in [-0.25, -0.2) is 9.97 Å². The molecule has 1 aliphatic rings. The van der Waals surface area contributed by atoms with Crippen LogP contribution in [0.3, 0.4) is 0 Å². The Labute approximate surface area is 109 Å². The minimum absolute atomic E-state index is 0.946. The first-order valence-corrected chi connectivity index (χ1v) is 7.20. The van der Waals surface area contributed by atoms with Crippen molar-refractivity contribution >= 4 is 22.5 Å². The van der Waals surface area contributed by atoms with Crippen LogP contribution in [0.5, 0.6) is 0 Å². The molecule has 4 rings (SSSR count). The zero-order valence-electron chi connectivity index (χ0n) is 9.94. The van der Waals surface area contributed by atoms with Crippen LogP contribution < -0.4 is 0 Å². The van der Waals surface area contributed by atoms with Gasteiger partial charge < -0.3 is 4.98 Å². The molecule has 0 unspecified atom stereocenters. The number of aryl methyl sites for hydroxylation is 2. The highest BCUT2D eigenvalue weighted by Gasteiger charge is 2.17. The van der Waals surface area contributed by atoms with Crippen LogP contribution in [-0.2, 0) is 12.8 Å². The molecule has 3 aromatic rings. The Hall–Kier alpha value is -1.68. The van der Waals surface area contributed by atoms with Crippen molar-refractivity contribution in [1.82, 2.24) is 15.0 Å². The number of aromatic amines is 1. The summed E-state index contributed by atoms with van der Waals surface area (Å²) in [5.41, 5.74) is 5.75. The number of nitrogens with one attached hydrogen (secondary N) is 1. The molecule has 0 aliphatic heterocycles. The molecule has 90 valence electrons. The molecule has 0 amide bonds. The van der Waals surface area contributed by atoms with E-state index in [0.717, 1.165) is 29.7 Å². The maximum absolute atomic E-state index is 4.81. The molecule has 0 bridgehead atoms. The smallest absolute Gasteiger partial charge is 0.156 e. The normalized spacial score (nSPS) is 14.9. The summed E-state index contributed by atoms with van der Waals surface area (Å²) < 4.78 is 0. The molecule has 0 atom stereocenters. The molecule has 3 aromatic heterocycles. The predicted octanol–water partition coefficient (Wildman–Crippen LogP) is 3.57. The maximum Gasteiger partial charge on any atom is 0.156 e. The van der Waals surface area contributed by atoms with Crippen LogP contribution in [0.25, 0.3) is 21.7 Å². The third kappa shape index (κ3) is 1.49. The lowest BCUT2D eigenvalue weighted by molar-refractivity contribution is 0.679. The molecule has 3 nitrogen and oxygen atoms in total. The number of hydrogen-bond donors (Lipinski definition) is 1. The number of fused-ring (bicyclic) bond motifs is 3. The third-order valence-electron chi connectivity index (χ3n) is 3.57. The summed E-state index contributed by atoms with van der Waals surface area (Å²) in [4.78, 5) is 13.9. The van der Waals surface area contributed by atoms with E-state index in [-0.39, 0.29) is 0 Å². The van der Waals surface area contributed by atoms with E-state index in [9.17, 15) is 0 Å². The van der Waals surface area contributed by atoms with Gasteiger partial charge in [0.15, 0.2) is 5.65 Å². The third-order valence-corrected chi connectivity index (χ3v) is 4.46. The van der Waals surface area contributed by atoms with Crippen LogP contribution in [-0.4, -0.2) is 15.0 Å². The average Bonchev–Trinajstić information content (AvgIpc) is 3.05. The van der Waals surface area contributed by atoms with Crippen LogP contribution in [0.4, 0.5) is 0 Å². The van der Waals surface area contributed by atoms with E-state index in [0.29, 0.717) is 0 Å². The van der Waals surface area contributed by atoms with E-state index < -0.39 is 0 Å². The van der Waals surface area contributed by atoms with Crippen molar-refractivity contribution < 1.29 is 0 Å². The van der Waals surface area contributed by atoms with Gasteiger partial charge in [-0.15, -0.1) is 11.3 Å². The van der Waals surface area contributed by atoms with Gasteiger partial charge in [0.05, 0.1) is 16.8 Å². The number of rotatable bonds is 1. The Balaban J connectivity index is 1.94. The summed E-state index contributed by atoms with van der Waals surface area (Å²) in [6, 6.07) is 4.15. The van der Waals surface area contributed by atoms with Gasteiger partial charge >= 0.3 is 0 Å². The fraction of sp³-hybridized carbons (Fsp3) is 0.286. The molecule has 0 saturated heterocycles. The molecule has 3 heterocycles. The minimum atomic E-state index is 0.946. The summed E-state index contributed by atoms with van der Waals surface area (Å²) in [5, 5.41) is 2.08. The van der Waals surface area contributed by atoms with Gasteiger partial charge in [-0.1, -0.05) is 6.07 Å². The first kappa shape index (κ1) is 10.3. The summed E-state index contributed by atoms with van der Waals surface area (Å²) in [5.74, 6) is 0. The first-order chi connectivity index (χ1) is 8.92. The molecule has 0 fully saturated rings. The second-order valence-corrected chi connectivity index (χ2v) is 5.67. The van der Waals surface area contributed by atoms with E-state index in [1.807, 2.05) is 6.20 Å². The summed E-state index contributed by atoms with van der Waals surface area (Å²) in [6.45, 7) is 0. The van der Waals surface area contributed by atoms with Gasteiger partial charge in [0.2, 0.25) is 0 Å². The molecule has 1 aliphatic carbocycles. The molecule has 4 heteroatoms. The molecule has 0 spiro atoms. The van der Waals surface area contributed by atoms with Crippen LogP contribution in [0, 0.1) is 0 Å². The molecule has 0 aromatic carbocycles. The standard InChI is InChI=1S/C14H13N3S/c1-2-5-10-9(4-1)13-14(17-10)15-8-11(16-13)12-6-3-7-18-12/h3,6-8H,1-2,4-5H2,(H,15,17). The topological polar surface area (TPSA) is 41.6 Å². The SMILES string of the molecule is c1csc(-c2cnc3[nH]c4c(c3n2)CCCC4)c1. The van der Waals surface area contributed by atoms with Gasteiger partial charge in [0, 0.05) is 11.3 Å². The Kier molecular flexibility index (Phi) is 2.23. The van der Waals surface area contributed by atoms with E-state index >= 15 is 0 Å². The molecular weight excluding hydrogens is 242 g/mol. The number of hydrogen-bond acceptors (Lipinski definition) is 3. The number of thiophene rings is 1.